The fourth-order valence-corrected chi connectivity index (χ4v) is 2.94. The number of carbonyl (C=O) groups excluding carboxylic acids is 1. The molecule has 174 valence electrons. The van der Waals surface area contributed by atoms with Crippen LogP contribution in [0.4, 0.5) is 10.5 Å². The van der Waals surface area contributed by atoms with Crippen molar-refractivity contribution >= 4 is 11.7 Å². The molecule has 2 N–H and O–H groups in total. The van der Waals surface area contributed by atoms with E-state index in [0.717, 1.165) is 17.0 Å². The second-order valence-corrected chi connectivity index (χ2v) is 6.74. The summed E-state index contributed by atoms with van der Waals surface area (Å²) in [5.41, 5.74) is 2.25. The minimum absolute atomic E-state index is 0.247. The number of nitrogens with zero attached hydrogens (tertiary/aromatic N) is 2. The Balaban J connectivity index is 1.44. The summed E-state index contributed by atoms with van der Waals surface area (Å²) in [7, 11) is 1.62. The van der Waals surface area contributed by atoms with Gasteiger partial charge in [0.2, 0.25) is 5.88 Å². The summed E-state index contributed by atoms with van der Waals surface area (Å²) in [5, 5.41) is 13.8. The molecule has 0 fully saturated rings. The van der Waals surface area contributed by atoms with Crippen molar-refractivity contribution in [1.82, 2.24) is 15.5 Å². The first kappa shape index (κ1) is 23.6. The average molecular weight is 453 g/mol. The van der Waals surface area contributed by atoms with Crippen LogP contribution < -0.4 is 29.6 Å². The van der Waals surface area contributed by atoms with Crippen molar-refractivity contribution in [3.8, 4) is 34.4 Å². The van der Waals surface area contributed by atoms with Gasteiger partial charge in [-0.1, -0.05) is 0 Å². The van der Waals surface area contributed by atoms with Gasteiger partial charge in [0, 0.05) is 23.4 Å². The molecule has 0 bridgehead atoms. The van der Waals surface area contributed by atoms with Crippen LogP contribution in [-0.4, -0.2) is 49.7 Å². The third-order valence-corrected chi connectivity index (χ3v) is 4.46. The molecule has 3 aromatic rings. The van der Waals surface area contributed by atoms with Gasteiger partial charge in [-0.15, -0.1) is 10.2 Å². The highest BCUT2D eigenvalue weighted by Crippen LogP contribution is 2.30. The largest absolute Gasteiger partial charge is 0.497 e. The third-order valence-electron chi connectivity index (χ3n) is 4.46. The zero-order valence-corrected chi connectivity index (χ0v) is 19.0. The summed E-state index contributed by atoms with van der Waals surface area (Å²) in [6.07, 6.45) is 0. The molecule has 9 nitrogen and oxygen atoms in total. The molecular formula is C24H28N4O5. The Morgan fingerprint density at radius 2 is 1.64 bits per heavy atom. The summed E-state index contributed by atoms with van der Waals surface area (Å²) < 4.78 is 21.8. The van der Waals surface area contributed by atoms with Crippen LogP contribution in [-0.2, 0) is 0 Å². The van der Waals surface area contributed by atoms with Crippen LogP contribution >= 0.6 is 0 Å². The van der Waals surface area contributed by atoms with E-state index in [0.29, 0.717) is 42.8 Å². The molecule has 1 aromatic heterocycles. The molecule has 0 aliphatic carbocycles. The Hall–Kier alpha value is -4.01. The van der Waals surface area contributed by atoms with Crippen LogP contribution in [0.3, 0.4) is 0 Å². The van der Waals surface area contributed by atoms with Gasteiger partial charge in [-0.25, -0.2) is 4.79 Å². The second kappa shape index (κ2) is 12.1. The van der Waals surface area contributed by atoms with Gasteiger partial charge < -0.3 is 29.6 Å². The lowest BCUT2D eigenvalue weighted by Gasteiger charge is -2.13. The minimum atomic E-state index is -0.355. The number of hydrogen-bond donors (Lipinski definition) is 2. The summed E-state index contributed by atoms with van der Waals surface area (Å²) in [6.45, 7) is 5.36. The van der Waals surface area contributed by atoms with Crippen molar-refractivity contribution in [3.05, 3.63) is 54.6 Å². The predicted molar refractivity (Wildman–Crippen MR) is 125 cm³/mol. The van der Waals surface area contributed by atoms with Crippen LogP contribution in [0.1, 0.15) is 13.8 Å². The summed E-state index contributed by atoms with van der Waals surface area (Å²) in [4.78, 5) is 12.2. The van der Waals surface area contributed by atoms with E-state index >= 15 is 0 Å². The lowest BCUT2D eigenvalue weighted by Crippen LogP contribution is -2.32. The van der Waals surface area contributed by atoms with Gasteiger partial charge in [0.05, 0.1) is 32.6 Å². The maximum atomic E-state index is 12.2. The number of hydrogen-bond acceptors (Lipinski definition) is 7. The molecule has 0 radical (unpaired) electrons. The van der Waals surface area contributed by atoms with Crippen molar-refractivity contribution in [2.75, 3.05) is 38.8 Å². The van der Waals surface area contributed by atoms with Gasteiger partial charge in [-0.3, -0.25) is 0 Å². The zero-order valence-electron chi connectivity index (χ0n) is 19.0. The number of carbonyl (C=O) groups is 1. The smallest absolute Gasteiger partial charge is 0.319 e. The van der Waals surface area contributed by atoms with Crippen molar-refractivity contribution in [1.29, 1.82) is 0 Å². The van der Waals surface area contributed by atoms with Crippen LogP contribution in [0, 0.1) is 0 Å². The molecule has 2 amide bonds. The maximum Gasteiger partial charge on any atom is 0.319 e. The molecule has 0 saturated heterocycles. The summed E-state index contributed by atoms with van der Waals surface area (Å²) in [5.74, 6) is 2.37. The van der Waals surface area contributed by atoms with Crippen molar-refractivity contribution < 1.29 is 23.7 Å². The number of benzene rings is 2. The fourth-order valence-electron chi connectivity index (χ4n) is 2.94. The molecule has 2 aromatic carbocycles. The number of rotatable bonds is 11. The Labute approximate surface area is 193 Å². The summed E-state index contributed by atoms with van der Waals surface area (Å²) >= 11 is 0. The highest BCUT2D eigenvalue weighted by molar-refractivity contribution is 5.89. The molecule has 3 rings (SSSR count). The number of anilines is 1. The zero-order chi connectivity index (χ0) is 23.5. The highest BCUT2D eigenvalue weighted by Gasteiger charge is 2.09. The molecule has 0 saturated carbocycles. The van der Waals surface area contributed by atoms with Gasteiger partial charge in [0.15, 0.2) is 11.5 Å². The van der Waals surface area contributed by atoms with E-state index in [1.165, 1.54) is 0 Å². The first-order valence-corrected chi connectivity index (χ1v) is 10.7. The highest BCUT2D eigenvalue weighted by atomic mass is 16.5. The van der Waals surface area contributed by atoms with Gasteiger partial charge in [0.25, 0.3) is 0 Å². The molecule has 0 atom stereocenters. The number of nitrogens with one attached hydrogen (secondary N) is 2. The van der Waals surface area contributed by atoms with Gasteiger partial charge in [-0.05, 0) is 56.3 Å². The standard InChI is InChI=1S/C24H28N4O5/c1-4-31-21-12-8-18(16-22(21)32-5-2)26-24(29)25-14-15-33-23-13-11-20(27-28-23)17-6-9-19(30-3)10-7-17/h6-13,16H,4-5,14-15H2,1-3H3,(H2,25,26,29). The number of urea groups is 1. The Morgan fingerprint density at radius 3 is 2.30 bits per heavy atom. The number of methoxy groups -OCH3 is 1. The van der Waals surface area contributed by atoms with Crippen LogP contribution in [0.5, 0.6) is 23.1 Å². The van der Waals surface area contributed by atoms with Crippen molar-refractivity contribution in [2.24, 2.45) is 0 Å². The Bertz CT molecular complexity index is 1030. The van der Waals surface area contributed by atoms with Gasteiger partial charge in [0.1, 0.15) is 12.4 Å². The van der Waals surface area contributed by atoms with Crippen molar-refractivity contribution in [2.45, 2.75) is 13.8 Å². The van der Waals surface area contributed by atoms with E-state index in [9.17, 15) is 4.79 Å². The Kier molecular flexibility index (Phi) is 8.70. The fraction of sp³-hybridized carbons (Fsp3) is 0.292. The van der Waals surface area contributed by atoms with E-state index in [2.05, 4.69) is 20.8 Å². The quantitative estimate of drug-likeness (QED) is 0.421. The molecule has 0 aliphatic heterocycles. The first-order valence-electron chi connectivity index (χ1n) is 10.7. The van der Waals surface area contributed by atoms with Gasteiger partial charge >= 0.3 is 6.03 Å². The van der Waals surface area contributed by atoms with Crippen LogP contribution in [0.15, 0.2) is 54.6 Å². The maximum absolute atomic E-state index is 12.2. The SMILES string of the molecule is CCOc1ccc(NC(=O)NCCOc2ccc(-c3ccc(OC)cc3)nn2)cc1OCC. The van der Waals surface area contributed by atoms with Crippen molar-refractivity contribution in [3.63, 3.8) is 0 Å². The van der Waals surface area contributed by atoms with Gasteiger partial charge in [-0.2, -0.15) is 0 Å². The molecule has 33 heavy (non-hydrogen) atoms. The molecule has 0 aliphatic rings. The number of amides is 2. The van der Waals surface area contributed by atoms with Crippen LogP contribution in [0.25, 0.3) is 11.3 Å². The normalized spacial score (nSPS) is 10.3. The molecule has 9 heteroatoms. The molecule has 1 heterocycles. The third kappa shape index (κ3) is 6.99. The molecule has 0 unspecified atom stereocenters. The lowest BCUT2D eigenvalue weighted by atomic mass is 10.1. The number of aromatic nitrogens is 2. The average Bonchev–Trinajstić information content (AvgIpc) is 2.84. The topological polar surface area (TPSA) is 104 Å². The lowest BCUT2D eigenvalue weighted by molar-refractivity contribution is 0.246. The Morgan fingerprint density at radius 1 is 0.879 bits per heavy atom. The molecule has 0 spiro atoms. The van der Waals surface area contributed by atoms with E-state index < -0.39 is 0 Å². The number of ether oxygens (including phenoxy) is 4. The first-order chi connectivity index (χ1) is 16.1. The van der Waals surface area contributed by atoms with E-state index in [1.54, 1.807) is 31.4 Å². The van der Waals surface area contributed by atoms with E-state index in [1.807, 2.05) is 44.2 Å². The minimum Gasteiger partial charge on any atom is -0.497 e. The second-order valence-electron chi connectivity index (χ2n) is 6.74. The molecular weight excluding hydrogens is 424 g/mol. The van der Waals surface area contributed by atoms with E-state index in [-0.39, 0.29) is 12.6 Å². The predicted octanol–water partition coefficient (Wildman–Crippen LogP) is 4.15. The summed E-state index contributed by atoms with van der Waals surface area (Å²) in [6, 6.07) is 16.0. The monoisotopic (exact) mass is 452 g/mol. The van der Waals surface area contributed by atoms with E-state index in [4.69, 9.17) is 18.9 Å². The van der Waals surface area contributed by atoms with Crippen LogP contribution in [0.2, 0.25) is 0 Å².